The lowest BCUT2D eigenvalue weighted by Gasteiger charge is -2.40. The predicted molar refractivity (Wildman–Crippen MR) is 65.4 cm³/mol. The summed E-state index contributed by atoms with van der Waals surface area (Å²) < 4.78 is 5.45. The Morgan fingerprint density at radius 3 is 2.88 bits per heavy atom. The van der Waals surface area contributed by atoms with Crippen LogP contribution in [0.5, 0.6) is 0 Å². The van der Waals surface area contributed by atoms with Crippen molar-refractivity contribution >= 4 is 5.91 Å². The molecule has 98 valence electrons. The van der Waals surface area contributed by atoms with Gasteiger partial charge in [0.15, 0.2) is 0 Å². The van der Waals surface area contributed by atoms with E-state index in [1.807, 2.05) is 0 Å². The first-order chi connectivity index (χ1) is 8.12. The van der Waals surface area contributed by atoms with Gasteiger partial charge in [-0.05, 0) is 32.1 Å². The number of rotatable bonds is 2. The van der Waals surface area contributed by atoms with Crippen LogP contribution in [0, 0.1) is 0 Å². The van der Waals surface area contributed by atoms with Gasteiger partial charge >= 0.3 is 0 Å². The predicted octanol–water partition coefficient (Wildman–Crippen LogP) is -0.166. The summed E-state index contributed by atoms with van der Waals surface area (Å²) in [6.07, 6.45) is 4.59. The summed E-state index contributed by atoms with van der Waals surface area (Å²) in [4.78, 5) is 13.8. The molecule has 0 bridgehead atoms. The number of carbonyl (C=O) groups excluding carboxylic acids is 1. The summed E-state index contributed by atoms with van der Waals surface area (Å²) in [6.45, 7) is 3.61. The van der Waals surface area contributed by atoms with Crippen LogP contribution in [0.4, 0.5) is 0 Å². The van der Waals surface area contributed by atoms with Crippen molar-refractivity contribution in [1.82, 2.24) is 4.90 Å². The molecule has 0 aromatic rings. The lowest BCUT2D eigenvalue weighted by atomic mass is 9.78. The zero-order valence-corrected chi connectivity index (χ0v) is 10.4. The third-order valence-corrected chi connectivity index (χ3v) is 4.02. The lowest BCUT2D eigenvalue weighted by Crippen LogP contribution is -2.58. The highest BCUT2D eigenvalue weighted by atomic mass is 16.5. The van der Waals surface area contributed by atoms with E-state index in [1.165, 1.54) is 0 Å². The van der Waals surface area contributed by atoms with E-state index < -0.39 is 5.54 Å². The summed E-state index contributed by atoms with van der Waals surface area (Å²) in [5, 5.41) is 0. The Labute approximate surface area is 102 Å². The first kappa shape index (κ1) is 12.8. The normalized spacial score (nSPS) is 36.4. The van der Waals surface area contributed by atoms with Gasteiger partial charge in [0.05, 0.1) is 12.1 Å². The summed E-state index contributed by atoms with van der Waals surface area (Å²) in [5.41, 5.74) is 10.7. The lowest BCUT2D eigenvalue weighted by molar-refractivity contribution is -0.125. The van der Waals surface area contributed by atoms with Gasteiger partial charge in [0.2, 0.25) is 5.91 Å². The van der Waals surface area contributed by atoms with Crippen LogP contribution in [0.25, 0.3) is 0 Å². The van der Waals surface area contributed by atoms with Crippen LogP contribution in [0.1, 0.15) is 32.1 Å². The minimum Gasteiger partial charge on any atom is -0.380 e. The van der Waals surface area contributed by atoms with Crippen LogP contribution >= 0.6 is 0 Å². The maximum Gasteiger partial charge on any atom is 0.237 e. The number of amides is 1. The van der Waals surface area contributed by atoms with Gasteiger partial charge in [0.1, 0.15) is 0 Å². The molecule has 4 N–H and O–H groups in total. The van der Waals surface area contributed by atoms with Crippen molar-refractivity contribution in [2.24, 2.45) is 11.5 Å². The second-order valence-electron chi connectivity index (χ2n) is 5.27. The van der Waals surface area contributed by atoms with E-state index in [9.17, 15) is 4.79 Å². The number of hydrogen-bond donors (Lipinski definition) is 2. The van der Waals surface area contributed by atoms with Crippen LogP contribution < -0.4 is 11.5 Å². The molecule has 5 nitrogen and oxygen atoms in total. The van der Waals surface area contributed by atoms with Crippen LogP contribution in [0.3, 0.4) is 0 Å². The summed E-state index contributed by atoms with van der Waals surface area (Å²) in [5.74, 6) is -0.353. The number of hydrogen-bond acceptors (Lipinski definition) is 4. The number of nitrogens with two attached hydrogens (primary N) is 2. The first-order valence-corrected chi connectivity index (χ1v) is 6.52. The van der Waals surface area contributed by atoms with E-state index in [-0.39, 0.29) is 5.91 Å². The van der Waals surface area contributed by atoms with Crippen molar-refractivity contribution in [1.29, 1.82) is 0 Å². The summed E-state index contributed by atoms with van der Waals surface area (Å²) in [6, 6.07) is 0.392. The molecule has 2 rings (SSSR count). The minimum atomic E-state index is -0.796. The van der Waals surface area contributed by atoms with Crippen molar-refractivity contribution in [3.05, 3.63) is 0 Å². The zero-order valence-electron chi connectivity index (χ0n) is 10.4. The number of primary amides is 1. The van der Waals surface area contributed by atoms with Gasteiger partial charge in [-0.15, -0.1) is 0 Å². The van der Waals surface area contributed by atoms with Crippen molar-refractivity contribution in [2.75, 3.05) is 26.3 Å². The SMILES string of the molecule is NC(=O)C1(N)CCCC(N2CCCOCC2)C1. The van der Waals surface area contributed by atoms with E-state index in [2.05, 4.69) is 4.90 Å². The average Bonchev–Trinajstić information content (AvgIpc) is 2.57. The molecular formula is C12H23N3O2. The Balaban J connectivity index is 1.98. The molecule has 1 amide bonds. The average molecular weight is 241 g/mol. The van der Waals surface area contributed by atoms with Crippen molar-refractivity contribution in [3.63, 3.8) is 0 Å². The maximum atomic E-state index is 11.4. The molecule has 5 heteroatoms. The maximum absolute atomic E-state index is 11.4. The van der Waals surface area contributed by atoms with Crippen molar-refractivity contribution in [2.45, 2.75) is 43.7 Å². The summed E-state index contributed by atoms with van der Waals surface area (Å²) >= 11 is 0. The number of carbonyl (C=O) groups is 1. The molecule has 0 aromatic carbocycles. The van der Waals surface area contributed by atoms with Crippen LogP contribution in [-0.2, 0) is 9.53 Å². The van der Waals surface area contributed by atoms with E-state index >= 15 is 0 Å². The third-order valence-electron chi connectivity index (χ3n) is 4.02. The fraction of sp³-hybridized carbons (Fsp3) is 0.917. The molecule has 17 heavy (non-hydrogen) atoms. The van der Waals surface area contributed by atoms with Gasteiger partial charge in [-0.1, -0.05) is 0 Å². The molecule has 2 atom stereocenters. The van der Waals surface area contributed by atoms with Crippen LogP contribution in [0.15, 0.2) is 0 Å². The molecule has 0 spiro atoms. The molecule has 2 fully saturated rings. The molecule has 1 heterocycles. The van der Waals surface area contributed by atoms with Gasteiger partial charge in [0.25, 0.3) is 0 Å². The number of ether oxygens (including phenoxy) is 1. The Kier molecular flexibility index (Phi) is 4.01. The van der Waals surface area contributed by atoms with E-state index in [0.717, 1.165) is 52.0 Å². The Hall–Kier alpha value is -0.650. The largest absolute Gasteiger partial charge is 0.380 e. The van der Waals surface area contributed by atoms with Crippen LogP contribution in [0.2, 0.25) is 0 Å². The highest BCUT2D eigenvalue weighted by Gasteiger charge is 2.39. The Morgan fingerprint density at radius 2 is 2.12 bits per heavy atom. The molecule has 0 radical (unpaired) electrons. The zero-order chi connectivity index (χ0) is 12.3. The second-order valence-corrected chi connectivity index (χ2v) is 5.27. The third kappa shape index (κ3) is 2.97. The van der Waals surface area contributed by atoms with E-state index in [4.69, 9.17) is 16.2 Å². The standard InChI is InChI=1S/C12H23N3O2/c13-11(16)12(14)4-1-3-10(9-12)15-5-2-7-17-8-6-15/h10H,1-9,14H2,(H2,13,16). The molecular weight excluding hydrogens is 218 g/mol. The second kappa shape index (κ2) is 5.33. The quantitative estimate of drug-likeness (QED) is 0.703. The van der Waals surface area contributed by atoms with E-state index in [0.29, 0.717) is 12.5 Å². The fourth-order valence-electron chi connectivity index (χ4n) is 2.94. The van der Waals surface area contributed by atoms with Gasteiger partial charge in [-0.3, -0.25) is 9.69 Å². The van der Waals surface area contributed by atoms with Crippen molar-refractivity contribution in [3.8, 4) is 0 Å². The molecule has 1 aliphatic carbocycles. The molecule has 1 aliphatic heterocycles. The molecule has 1 saturated heterocycles. The molecule has 2 aliphatic rings. The number of nitrogens with zero attached hydrogens (tertiary/aromatic N) is 1. The van der Waals surface area contributed by atoms with Gasteiger partial charge in [-0.25, -0.2) is 0 Å². The van der Waals surface area contributed by atoms with E-state index in [1.54, 1.807) is 0 Å². The fourth-order valence-corrected chi connectivity index (χ4v) is 2.94. The first-order valence-electron chi connectivity index (χ1n) is 6.52. The molecule has 2 unspecified atom stereocenters. The molecule has 1 saturated carbocycles. The summed E-state index contributed by atoms with van der Waals surface area (Å²) in [7, 11) is 0. The van der Waals surface area contributed by atoms with Gasteiger partial charge in [-0.2, -0.15) is 0 Å². The topological polar surface area (TPSA) is 81.6 Å². The van der Waals surface area contributed by atoms with Crippen molar-refractivity contribution < 1.29 is 9.53 Å². The monoisotopic (exact) mass is 241 g/mol. The minimum absolute atomic E-state index is 0.353. The Bertz CT molecular complexity index is 277. The van der Waals surface area contributed by atoms with Gasteiger partial charge < -0.3 is 16.2 Å². The highest BCUT2D eigenvalue weighted by Crippen LogP contribution is 2.29. The smallest absolute Gasteiger partial charge is 0.237 e. The molecule has 0 aromatic heterocycles. The highest BCUT2D eigenvalue weighted by molar-refractivity contribution is 5.84. The van der Waals surface area contributed by atoms with Crippen LogP contribution in [-0.4, -0.2) is 48.7 Å². The van der Waals surface area contributed by atoms with Gasteiger partial charge in [0, 0.05) is 25.7 Å². The Morgan fingerprint density at radius 1 is 1.29 bits per heavy atom.